The van der Waals surface area contributed by atoms with Crippen molar-refractivity contribution in [3.8, 4) is 0 Å². The van der Waals surface area contributed by atoms with Gasteiger partial charge in [0.2, 0.25) is 0 Å². The molecule has 0 saturated heterocycles. The van der Waals surface area contributed by atoms with Gasteiger partial charge in [0, 0.05) is 0 Å². The molecule has 2 rings (SSSR count). The van der Waals surface area contributed by atoms with Crippen LogP contribution in [0, 0.1) is 0 Å². The number of hydrogen-bond acceptors (Lipinski definition) is 2. The normalized spacial score (nSPS) is 21.8. The third-order valence-corrected chi connectivity index (χ3v) is 8.86. The van der Waals surface area contributed by atoms with E-state index in [2.05, 4.69) is 48.6 Å². The van der Waals surface area contributed by atoms with Gasteiger partial charge in [0.15, 0.2) is 0 Å². The molecular weight excluding hydrogens is 320 g/mol. The van der Waals surface area contributed by atoms with Gasteiger partial charge in [-0.05, 0) is 0 Å². The summed E-state index contributed by atoms with van der Waals surface area (Å²) in [6, 6.07) is 0. The average Bonchev–Trinajstić information content (AvgIpc) is 3.05. The Bertz CT molecular complexity index is 345. The van der Waals surface area contributed by atoms with Gasteiger partial charge < -0.3 is 0 Å². The van der Waals surface area contributed by atoms with Crippen molar-refractivity contribution in [3.63, 3.8) is 0 Å². The molecule has 0 aromatic carbocycles. The van der Waals surface area contributed by atoms with E-state index in [1.54, 1.807) is 14.2 Å². The molecular formula is C16H24MoO2. The molecule has 19 heavy (non-hydrogen) atoms. The Morgan fingerprint density at radius 2 is 1.11 bits per heavy atom. The molecule has 0 unspecified atom stereocenters. The summed E-state index contributed by atoms with van der Waals surface area (Å²) in [7, 11) is 3.58. The summed E-state index contributed by atoms with van der Waals surface area (Å²) in [6.07, 6.45) is 20.6. The first-order valence-corrected chi connectivity index (χ1v) is 9.21. The molecule has 0 heterocycles. The third-order valence-electron chi connectivity index (χ3n) is 3.70. The van der Waals surface area contributed by atoms with Gasteiger partial charge in [-0.25, -0.2) is 0 Å². The summed E-state index contributed by atoms with van der Waals surface area (Å²) in [5, 5.41) is 0. The maximum atomic E-state index is 5.31. The molecule has 3 heteroatoms. The minimum absolute atomic E-state index is 0.298. The van der Waals surface area contributed by atoms with E-state index in [-0.39, 0.29) is 0 Å². The van der Waals surface area contributed by atoms with Crippen LogP contribution in [0.15, 0.2) is 48.6 Å². The molecule has 2 nitrogen and oxygen atoms in total. The van der Waals surface area contributed by atoms with Gasteiger partial charge in [-0.15, -0.1) is 0 Å². The SMILES string of the molecule is COCC[C]1([MoH2][C]2(CCOC)C=CC=C2)C=CC=C1. The van der Waals surface area contributed by atoms with Crippen LogP contribution in [0.1, 0.15) is 12.8 Å². The fourth-order valence-electron chi connectivity index (χ4n) is 2.62. The summed E-state index contributed by atoms with van der Waals surface area (Å²) < 4.78 is 11.2. The average molecular weight is 344 g/mol. The number of hydrogen-bond donors (Lipinski definition) is 0. The van der Waals surface area contributed by atoms with Crippen LogP contribution in [0.4, 0.5) is 0 Å². The zero-order valence-electron chi connectivity index (χ0n) is 11.8. The van der Waals surface area contributed by atoms with Gasteiger partial charge in [0.05, 0.1) is 0 Å². The van der Waals surface area contributed by atoms with E-state index < -0.39 is 18.6 Å². The van der Waals surface area contributed by atoms with Gasteiger partial charge >= 0.3 is 125 Å². The maximum absolute atomic E-state index is 5.31. The van der Waals surface area contributed by atoms with E-state index >= 15 is 0 Å². The predicted octanol–water partition coefficient (Wildman–Crippen LogP) is 3.18. The Morgan fingerprint density at radius 3 is 1.42 bits per heavy atom. The van der Waals surface area contributed by atoms with Crippen molar-refractivity contribution in [2.24, 2.45) is 0 Å². The predicted molar refractivity (Wildman–Crippen MR) is 77.7 cm³/mol. The summed E-state index contributed by atoms with van der Waals surface area (Å²) in [5.74, 6) is 0. The molecule has 0 aromatic heterocycles. The van der Waals surface area contributed by atoms with Gasteiger partial charge in [-0.3, -0.25) is 0 Å². The molecule has 0 radical (unpaired) electrons. The summed E-state index contributed by atoms with van der Waals surface area (Å²) in [4.78, 5) is 0. The molecule has 0 amide bonds. The molecule has 0 bridgehead atoms. The monoisotopic (exact) mass is 346 g/mol. The second-order valence-corrected chi connectivity index (χ2v) is 10.3. The number of methoxy groups -OCH3 is 2. The van der Waals surface area contributed by atoms with E-state index in [1.165, 1.54) is 0 Å². The van der Waals surface area contributed by atoms with Crippen LogP contribution in [-0.2, 0) is 28.0 Å². The standard InChI is InChI=1S/2C8H11O.Mo.2H/c2*1-9-7-6-8-4-2-3-5-8;;;/h2*2-5H,6-7H2,1H3;;;. The Hall–Kier alpha value is -0.432. The molecule has 0 N–H and O–H groups in total. The Labute approximate surface area is 124 Å². The second-order valence-electron chi connectivity index (χ2n) is 5.13. The minimum atomic E-state index is -0.731. The van der Waals surface area contributed by atoms with Crippen LogP contribution in [-0.4, -0.2) is 27.4 Å². The third kappa shape index (κ3) is 3.78. The van der Waals surface area contributed by atoms with Crippen molar-refractivity contribution in [2.45, 2.75) is 20.5 Å². The van der Waals surface area contributed by atoms with E-state index in [0.717, 1.165) is 26.1 Å². The van der Waals surface area contributed by atoms with E-state index in [9.17, 15) is 0 Å². The second kappa shape index (κ2) is 6.83. The van der Waals surface area contributed by atoms with E-state index in [0.29, 0.717) is 7.61 Å². The van der Waals surface area contributed by atoms with Crippen molar-refractivity contribution >= 4 is 0 Å². The first-order chi connectivity index (χ1) is 9.24. The molecule has 0 aliphatic heterocycles. The summed E-state index contributed by atoms with van der Waals surface area (Å²) >= 11 is -0.731. The van der Waals surface area contributed by atoms with E-state index in [1.807, 2.05) is 0 Å². The molecule has 0 aromatic rings. The molecule has 0 fully saturated rings. The summed E-state index contributed by atoms with van der Waals surface area (Å²) in [5.41, 5.74) is 0. The van der Waals surface area contributed by atoms with Crippen molar-refractivity contribution in [1.82, 2.24) is 0 Å². The van der Waals surface area contributed by atoms with Crippen molar-refractivity contribution in [2.75, 3.05) is 27.4 Å². The molecule has 0 atom stereocenters. The van der Waals surface area contributed by atoms with Crippen LogP contribution in [0.2, 0.25) is 7.61 Å². The Kier molecular flexibility index (Phi) is 5.38. The van der Waals surface area contributed by atoms with Crippen molar-refractivity contribution < 1.29 is 28.0 Å². The Balaban J connectivity index is 2.10. The first kappa shape index (κ1) is 15.0. The number of ether oxygens (including phenoxy) is 2. The van der Waals surface area contributed by atoms with E-state index in [4.69, 9.17) is 9.47 Å². The van der Waals surface area contributed by atoms with Crippen LogP contribution < -0.4 is 0 Å². The number of allylic oxidation sites excluding steroid dienone is 8. The topological polar surface area (TPSA) is 18.5 Å². The van der Waals surface area contributed by atoms with Gasteiger partial charge in [-0.1, -0.05) is 0 Å². The van der Waals surface area contributed by atoms with Crippen LogP contribution in [0.25, 0.3) is 0 Å². The van der Waals surface area contributed by atoms with Gasteiger partial charge in [0.25, 0.3) is 0 Å². The van der Waals surface area contributed by atoms with Crippen molar-refractivity contribution in [1.29, 1.82) is 0 Å². The molecule has 0 spiro atoms. The van der Waals surface area contributed by atoms with Gasteiger partial charge in [-0.2, -0.15) is 0 Å². The first-order valence-electron chi connectivity index (χ1n) is 6.76. The number of rotatable bonds is 8. The zero-order chi connectivity index (χ0) is 13.6. The van der Waals surface area contributed by atoms with Crippen molar-refractivity contribution in [3.05, 3.63) is 48.6 Å². The fraction of sp³-hybridized carbons (Fsp3) is 0.500. The molecule has 0 saturated carbocycles. The Morgan fingerprint density at radius 1 is 0.737 bits per heavy atom. The van der Waals surface area contributed by atoms with Gasteiger partial charge in [0.1, 0.15) is 0 Å². The molecule has 106 valence electrons. The summed E-state index contributed by atoms with van der Waals surface area (Å²) in [6.45, 7) is 1.67. The van der Waals surface area contributed by atoms with Crippen LogP contribution >= 0.6 is 0 Å². The quantitative estimate of drug-likeness (QED) is 0.630. The molecule has 2 aliphatic rings. The molecule has 2 aliphatic carbocycles. The fourth-order valence-corrected chi connectivity index (χ4v) is 7.63. The van der Waals surface area contributed by atoms with Crippen LogP contribution in [0.5, 0.6) is 0 Å². The zero-order valence-corrected chi connectivity index (χ0v) is 14.2. The van der Waals surface area contributed by atoms with Crippen LogP contribution in [0.3, 0.4) is 0 Å².